The van der Waals surface area contributed by atoms with E-state index in [2.05, 4.69) is 10.1 Å². The molecule has 3 aromatic heterocycles. The van der Waals surface area contributed by atoms with Gasteiger partial charge in [-0.2, -0.15) is 0 Å². The number of morpholine rings is 1. The molecule has 0 aliphatic carbocycles. The van der Waals surface area contributed by atoms with Crippen LogP contribution in [0.4, 0.5) is 0 Å². The van der Waals surface area contributed by atoms with Crippen LogP contribution in [0, 0.1) is 6.92 Å². The first-order valence-corrected chi connectivity index (χ1v) is 9.73. The third-order valence-corrected chi connectivity index (χ3v) is 5.21. The fraction of sp³-hybridized carbons (Fsp3) is 0.476. The molecule has 1 atom stereocenters. The molecule has 0 saturated carbocycles. The molecule has 0 N–H and O–H groups in total. The average Bonchev–Trinajstić information content (AvgIpc) is 3.33. The largest absolute Gasteiger partial charge is 0.464 e. The number of aromatic nitrogens is 2. The monoisotopic (exact) mass is 383 g/mol. The highest BCUT2D eigenvalue weighted by molar-refractivity contribution is 6.06. The zero-order valence-corrected chi connectivity index (χ0v) is 16.7. The lowest BCUT2D eigenvalue weighted by atomic mass is 10.0. The standard InChI is InChI=1S/C21H25N3O4/c1-5-14-6-7-18(27-14)17-11-26-9-8-24(17)21(25)15-10-16(12(2)3)22-20-19(15)13(4)23-28-20/h6-7,10,12,17H,5,8-9,11H2,1-4H3. The molecule has 1 saturated heterocycles. The lowest BCUT2D eigenvalue weighted by molar-refractivity contribution is -0.00892. The van der Waals surface area contributed by atoms with E-state index < -0.39 is 0 Å². The van der Waals surface area contributed by atoms with E-state index in [1.54, 1.807) is 0 Å². The minimum absolute atomic E-state index is 0.0802. The second kappa shape index (κ2) is 7.39. The maximum absolute atomic E-state index is 13.6. The highest BCUT2D eigenvalue weighted by Gasteiger charge is 2.33. The normalized spacial score (nSPS) is 17.6. The molecule has 7 heteroatoms. The molecule has 0 bridgehead atoms. The highest BCUT2D eigenvalue weighted by atomic mass is 16.5. The zero-order chi connectivity index (χ0) is 19.8. The number of ether oxygens (including phenoxy) is 1. The van der Waals surface area contributed by atoms with Gasteiger partial charge in [0.2, 0.25) is 0 Å². The number of hydrogen-bond acceptors (Lipinski definition) is 6. The van der Waals surface area contributed by atoms with Crippen molar-refractivity contribution in [2.24, 2.45) is 0 Å². The van der Waals surface area contributed by atoms with Gasteiger partial charge in [-0.3, -0.25) is 4.79 Å². The molecule has 3 aromatic rings. The Bertz CT molecular complexity index is 1000. The summed E-state index contributed by atoms with van der Waals surface area (Å²) in [6, 6.07) is 5.50. The van der Waals surface area contributed by atoms with Crippen LogP contribution in [0.3, 0.4) is 0 Å². The molecule has 1 aliphatic rings. The Morgan fingerprint density at radius 2 is 2.18 bits per heavy atom. The maximum Gasteiger partial charge on any atom is 0.259 e. The molecule has 0 spiro atoms. The smallest absolute Gasteiger partial charge is 0.259 e. The summed E-state index contributed by atoms with van der Waals surface area (Å²) in [6.45, 7) is 9.36. The molecule has 28 heavy (non-hydrogen) atoms. The Balaban J connectivity index is 1.77. The fourth-order valence-corrected chi connectivity index (χ4v) is 3.58. The van der Waals surface area contributed by atoms with Gasteiger partial charge in [0.05, 0.1) is 29.9 Å². The second-order valence-electron chi connectivity index (χ2n) is 7.44. The van der Waals surface area contributed by atoms with Crippen molar-refractivity contribution in [2.75, 3.05) is 19.8 Å². The lowest BCUT2D eigenvalue weighted by Crippen LogP contribution is -2.43. The molecule has 0 aromatic carbocycles. The summed E-state index contributed by atoms with van der Waals surface area (Å²) in [7, 11) is 0. The van der Waals surface area contributed by atoms with Crippen LogP contribution in [0.1, 0.15) is 66.0 Å². The van der Waals surface area contributed by atoms with Gasteiger partial charge >= 0.3 is 0 Å². The zero-order valence-electron chi connectivity index (χ0n) is 16.7. The SMILES string of the molecule is CCc1ccc(C2COCCN2C(=O)c2cc(C(C)C)nc3onc(C)c23)o1. The molecule has 1 aliphatic heterocycles. The summed E-state index contributed by atoms with van der Waals surface area (Å²) in [6.07, 6.45) is 0.810. The first-order chi connectivity index (χ1) is 13.5. The number of carbonyl (C=O) groups excluding carboxylic acids is 1. The van der Waals surface area contributed by atoms with E-state index in [0.717, 1.165) is 23.6 Å². The molecule has 7 nitrogen and oxygen atoms in total. The van der Waals surface area contributed by atoms with Crippen LogP contribution >= 0.6 is 0 Å². The number of pyridine rings is 1. The van der Waals surface area contributed by atoms with Crippen LogP contribution in [0.25, 0.3) is 11.1 Å². The van der Waals surface area contributed by atoms with Gasteiger partial charge in [-0.25, -0.2) is 4.98 Å². The van der Waals surface area contributed by atoms with Crippen molar-refractivity contribution >= 4 is 17.0 Å². The Kier molecular flexibility index (Phi) is 4.93. The Morgan fingerprint density at radius 1 is 1.36 bits per heavy atom. The average molecular weight is 383 g/mol. The van der Waals surface area contributed by atoms with Crippen molar-refractivity contribution in [1.29, 1.82) is 0 Å². The van der Waals surface area contributed by atoms with E-state index in [0.29, 0.717) is 42.1 Å². The number of hydrogen-bond donors (Lipinski definition) is 0. The van der Waals surface area contributed by atoms with Gasteiger partial charge < -0.3 is 18.6 Å². The summed E-state index contributed by atoms with van der Waals surface area (Å²) in [5, 5.41) is 4.70. The van der Waals surface area contributed by atoms with Crippen LogP contribution in [0.2, 0.25) is 0 Å². The quantitative estimate of drug-likeness (QED) is 0.677. The molecule has 4 heterocycles. The number of aryl methyl sites for hydroxylation is 2. The summed E-state index contributed by atoms with van der Waals surface area (Å²) in [5.74, 6) is 1.74. The van der Waals surface area contributed by atoms with Crippen molar-refractivity contribution in [3.8, 4) is 0 Å². The van der Waals surface area contributed by atoms with E-state index in [-0.39, 0.29) is 17.9 Å². The summed E-state index contributed by atoms with van der Waals surface area (Å²) in [5.41, 5.74) is 2.45. The minimum atomic E-state index is -0.257. The molecule has 0 radical (unpaired) electrons. The van der Waals surface area contributed by atoms with E-state index in [4.69, 9.17) is 13.7 Å². The van der Waals surface area contributed by atoms with Gasteiger partial charge in [-0.05, 0) is 31.0 Å². The topological polar surface area (TPSA) is 81.6 Å². The molecule has 1 unspecified atom stereocenters. The molecular weight excluding hydrogens is 358 g/mol. The van der Waals surface area contributed by atoms with E-state index in [1.807, 2.05) is 50.8 Å². The predicted molar refractivity (Wildman–Crippen MR) is 103 cm³/mol. The van der Waals surface area contributed by atoms with Crippen molar-refractivity contribution in [3.63, 3.8) is 0 Å². The van der Waals surface area contributed by atoms with Gasteiger partial charge in [-0.1, -0.05) is 25.9 Å². The maximum atomic E-state index is 13.6. The number of amides is 1. The van der Waals surface area contributed by atoms with Gasteiger partial charge in [0.25, 0.3) is 11.6 Å². The van der Waals surface area contributed by atoms with Crippen molar-refractivity contribution in [3.05, 3.63) is 46.7 Å². The van der Waals surface area contributed by atoms with E-state index in [9.17, 15) is 4.79 Å². The van der Waals surface area contributed by atoms with Crippen LogP contribution in [-0.4, -0.2) is 40.7 Å². The second-order valence-corrected chi connectivity index (χ2v) is 7.44. The Labute approximate surface area is 163 Å². The predicted octanol–water partition coefficient (Wildman–Crippen LogP) is 4.02. The number of furan rings is 1. The summed E-state index contributed by atoms with van der Waals surface area (Å²) >= 11 is 0. The molecular formula is C21H25N3O4. The van der Waals surface area contributed by atoms with Crippen molar-refractivity contribution < 1.29 is 18.5 Å². The third-order valence-electron chi connectivity index (χ3n) is 5.21. The molecule has 4 rings (SSSR count). The van der Waals surface area contributed by atoms with E-state index in [1.165, 1.54) is 0 Å². The Morgan fingerprint density at radius 3 is 2.89 bits per heavy atom. The number of nitrogens with zero attached hydrogens (tertiary/aromatic N) is 3. The number of rotatable bonds is 4. The Hall–Kier alpha value is -2.67. The summed E-state index contributed by atoms with van der Waals surface area (Å²) < 4.78 is 17.0. The van der Waals surface area contributed by atoms with Crippen LogP contribution in [-0.2, 0) is 11.2 Å². The molecule has 1 amide bonds. The summed E-state index contributed by atoms with van der Waals surface area (Å²) in [4.78, 5) is 20.0. The van der Waals surface area contributed by atoms with E-state index >= 15 is 0 Å². The highest BCUT2D eigenvalue weighted by Crippen LogP contribution is 2.31. The molecule has 1 fully saturated rings. The van der Waals surface area contributed by atoms with Gasteiger partial charge in [0, 0.05) is 18.7 Å². The van der Waals surface area contributed by atoms with Gasteiger partial charge in [0.15, 0.2) is 0 Å². The fourth-order valence-electron chi connectivity index (χ4n) is 3.58. The minimum Gasteiger partial charge on any atom is -0.464 e. The third kappa shape index (κ3) is 3.20. The van der Waals surface area contributed by atoms with Gasteiger partial charge in [-0.15, -0.1) is 0 Å². The molecule has 148 valence electrons. The first-order valence-electron chi connectivity index (χ1n) is 9.73. The number of fused-ring (bicyclic) bond motifs is 1. The van der Waals surface area contributed by atoms with Gasteiger partial charge in [0.1, 0.15) is 17.6 Å². The lowest BCUT2D eigenvalue weighted by Gasteiger charge is -2.34. The van der Waals surface area contributed by atoms with Crippen molar-refractivity contribution in [2.45, 2.75) is 46.1 Å². The number of carbonyl (C=O) groups is 1. The van der Waals surface area contributed by atoms with Crippen LogP contribution in [0.5, 0.6) is 0 Å². The van der Waals surface area contributed by atoms with Crippen molar-refractivity contribution in [1.82, 2.24) is 15.0 Å². The van der Waals surface area contributed by atoms with Crippen LogP contribution in [0.15, 0.2) is 27.1 Å². The first kappa shape index (κ1) is 18.7. The van der Waals surface area contributed by atoms with Crippen LogP contribution < -0.4 is 0 Å².